The van der Waals surface area contributed by atoms with Crippen molar-refractivity contribution in [1.29, 1.82) is 0 Å². The summed E-state index contributed by atoms with van der Waals surface area (Å²) in [5.41, 5.74) is 11.9. The quantitative estimate of drug-likeness (QED) is 0.188. The highest BCUT2D eigenvalue weighted by Gasteiger charge is 2.51. The van der Waals surface area contributed by atoms with E-state index in [1.54, 1.807) is 11.3 Å². The van der Waals surface area contributed by atoms with E-state index in [9.17, 15) is 0 Å². The second-order valence-corrected chi connectivity index (χ2v) is 14.3. The number of benzene rings is 7. The highest BCUT2D eigenvalue weighted by molar-refractivity contribution is 7.26. The summed E-state index contributed by atoms with van der Waals surface area (Å²) < 4.78 is 9.42. The Morgan fingerprint density at radius 1 is 0.471 bits per heavy atom. The minimum Gasteiger partial charge on any atom is -0.456 e. The first-order valence-electron chi connectivity index (χ1n) is 17.2. The Balaban J connectivity index is 1.19. The molecule has 2 aliphatic rings. The van der Waals surface area contributed by atoms with E-state index in [0.29, 0.717) is 5.82 Å². The molecule has 0 radical (unpaired) electrons. The summed E-state index contributed by atoms with van der Waals surface area (Å²) in [4.78, 5) is 10.3. The Hall–Kier alpha value is -6.36. The number of hydrogen-bond donors (Lipinski definition) is 0. The molecule has 3 heterocycles. The van der Waals surface area contributed by atoms with Gasteiger partial charge < -0.3 is 4.74 Å². The van der Waals surface area contributed by atoms with Crippen molar-refractivity contribution in [2.24, 2.45) is 0 Å². The Kier molecular flexibility index (Phi) is 6.04. The van der Waals surface area contributed by atoms with Gasteiger partial charge in [-0.05, 0) is 40.5 Å². The highest BCUT2D eigenvalue weighted by atomic mass is 32.1. The fraction of sp³-hybridized carbons (Fsp3) is 0.0213. The third-order valence-electron chi connectivity index (χ3n) is 10.6. The second-order valence-electron chi connectivity index (χ2n) is 13.2. The Morgan fingerprint density at radius 2 is 1.08 bits per heavy atom. The van der Waals surface area contributed by atoms with Gasteiger partial charge in [0.25, 0.3) is 0 Å². The molecule has 7 aromatic carbocycles. The van der Waals surface area contributed by atoms with Gasteiger partial charge in [-0.2, -0.15) is 0 Å². The lowest BCUT2D eigenvalue weighted by Gasteiger charge is -2.39. The Labute approximate surface area is 299 Å². The monoisotopic (exact) mass is 668 g/mol. The smallest absolute Gasteiger partial charge is 0.160 e. The molecule has 0 N–H and O–H groups in total. The van der Waals surface area contributed by atoms with Gasteiger partial charge in [0.05, 0.1) is 16.8 Å². The van der Waals surface area contributed by atoms with Crippen LogP contribution < -0.4 is 4.74 Å². The number of aromatic nitrogens is 2. The second kappa shape index (κ2) is 10.8. The molecule has 0 saturated carbocycles. The molecule has 3 nitrogen and oxygen atoms in total. The predicted molar refractivity (Wildman–Crippen MR) is 209 cm³/mol. The minimum atomic E-state index is -0.501. The molecule has 2 aromatic heterocycles. The van der Waals surface area contributed by atoms with E-state index in [-0.39, 0.29) is 0 Å². The molecule has 0 unspecified atom stereocenters. The third kappa shape index (κ3) is 3.99. The zero-order valence-corrected chi connectivity index (χ0v) is 28.2. The average Bonchev–Trinajstić information content (AvgIpc) is 3.73. The van der Waals surface area contributed by atoms with E-state index in [1.165, 1.54) is 48.2 Å². The van der Waals surface area contributed by atoms with E-state index in [4.69, 9.17) is 14.7 Å². The fourth-order valence-electron chi connectivity index (χ4n) is 8.46. The van der Waals surface area contributed by atoms with Crippen molar-refractivity contribution in [2.75, 3.05) is 0 Å². The summed E-state index contributed by atoms with van der Waals surface area (Å²) in [6, 6.07) is 60.3. The molecule has 51 heavy (non-hydrogen) atoms. The molecular weight excluding hydrogens is 641 g/mol. The maximum Gasteiger partial charge on any atom is 0.160 e. The topological polar surface area (TPSA) is 35.0 Å². The molecule has 11 rings (SSSR count). The van der Waals surface area contributed by atoms with Crippen LogP contribution in [0.3, 0.4) is 0 Å². The lowest BCUT2D eigenvalue weighted by Crippen LogP contribution is -2.32. The number of nitrogens with zero attached hydrogens (tertiary/aromatic N) is 2. The van der Waals surface area contributed by atoms with Crippen molar-refractivity contribution in [1.82, 2.24) is 9.97 Å². The van der Waals surface area contributed by atoms with Gasteiger partial charge in [0.1, 0.15) is 11.5 Å². The first-order chi connectivity index (χ1) is 25.3. The molecule has 0 amide bonds. The van der Waals surface area contributed by atoms with Crippen molar-refractivity contribution >= 4 is 31.5 Å². The maximum absolute atomic E-state index is 7.05. The zero-order chi connectivity index (χ0) is 33.5. The van der Waals surface area contributed by atoms with Crippen molar-refractivity contribution < 1.29 is 4.74 Å². The normalized spacial score (nSPS) is 13.4. The molecule has 0 fully saturated rings. The number of hydrogen-bond acceptors (Lipinski definition) is 4. The van der Waals surface area contributed by atoms with Crippen molar-refractivity contribution in [2.45, 2.75) is 5.41 Å². The standard InChI is InChI=1S/C47H28N2OS/c1-3-14-29(15-4-1)39-28-40(49-46(48-39)30-16-5-2-6-17-30)33-20-13-21-34-43-42(51-45(33)34)27-26-38-44(43)50-41-25-12-11-24-37(41)47(38)35-22-9-7-18-31(35)32-19-8-10-23-36(32)47/h1-28H. The van der Waals surface area contributed by atoms with Crippen molar-refractivity contribution in [3.05, 3.63) is 192 Å². The van der Waals surface area contributed by atoms with Crippen LogP contribution in [0, 0.1) is 0 Å². The molecule has 1 aliphatic heterocycles. The highest BCUT2D eigenvalue weighted by Crippen LogP contribution is 2.63. The number of thiophene rings is 1. The molecular formula is C47H28N2OS. The molecule has 4 heteroatoms. The summed E-state index contributed by atoms with van der Waals surface area (Å²) in [7, 11) is 0. The van der Waals surface area contributed by atoms with Crippen LogP contribution in [0.4, 0.5) is 0 Å². The van der Waals surface area contributed by atoms with E-state index >= 15 is 0 Å². The minimum absolute atomic E-state index is 0.501. The van der Waals surface area contributed by atoms with E-state index in [2.05, 4.69) is 146 Å². The van der Waals surface area contributed by atoms with Crippen LogP contribution in [0.2, 0.25) is 0 Å². The largest absolute Gasteiger partial charge is 0.456 e. The Bertz CT molecular complexity index is 2740. The van der Waals surface area contributed by atoms with E-state index in [1.807, 2.05) is 24.3 Å². The van der Waals surface area contributed by atoms with Crippen LogP contribution in [0.5, 0.6) is 11.5 Å². The van der Waals surface area contributed by atoms with Crippen LogP contribution in [-0.2, 0) is 5.41 Å². The summed E-state index contributed by atoms with van der Waals surface area (Å²) in [6.07, 6.45) is 0. The Morgan fingerprint density at radius 3 is 1.82 bits per heavy atom. The molecule has 9 aromatic rings. The van der Waals surface area contributed by atoms with Crippen LogP contribution in [0.25, 0.3) is 65.2 Å². The van der Waals surface area contributed by atoms with Crippen LogP contribution >= 0.6 is 11.3 Å². The summed E-state index contributed by atoms with van der Waals surface area (Å²) in [5, 5.41) is 2.31. The van der Waals surface area contributed by atoms with Gasteiger partial charge in [0, 0.05) is 48.0 Å². The molecule has 0 saturated heterocycles. The number of rotatable bonds is 3. The van der Waals surface area contributed by atoms with Gasteiger partial charge in [-0.25, -0.2) is 9.97 Å². The van der Waals surface area contributed by atoms with Gasteiger partial charge in [-0.15, -0.1) is 11.3 Å². The van der Waals surface area contributed by atoms with E-state index < -0.39 is 5.41 Å². The molecule has 1 spiro atoms. The lowest BCUT2D eigenvalue weighted by atomic mass is 9.66. The van der Waals surface area contributed by atoms with Gasteiger partial charge in [-0.1, -0.05) is 152 Å². The van der Waals surface area contributed by atoms with E-state index in [0.717, 1.165) is 45.0 Å². The first-order valence-corrected chi connectivity index (χ1v) is 18.1. The average molecular weight is 669 g/mol. The van der Waals surface area contributed by atoms with Gasteiger partial charge in [0.2, 0.25) is 0 Å². The SMILES string of the molecule is c1ccc(-c2cc(-c3cccc4c3sc3ccc5c(c34)Oc3ccccc3C53c4ccccc4-c4ccccc43)nc(-c3ccccc3)n2)cc1. The van der Waals surface area contributed by atoms with Crippen molar-refractivity contribution in [3.63, 3.8) is 0 Å². The third-order valence-corrected chi connectivity index (χ3v) is 11.8. The number of fused-ring (bicyclic) bond motifs is 13. The van der Waals surface area contributed by atoms with Crippen LogP contribution in [-0.4, -0.2) is 9.97 Å². The fourth-order valence-corrected chi connectivity index (χ4v) is 9.68. The molecule has 0 atom stereocenters. The predicted octanol–water partition coefficient (Wildman–Crippen LogP) is 12.3. The maximum atomic E-state index is 7.05. The number of para-hydroxylation sites is 1. The zero-order valence-electron chi connectivity index (χ0n) is 27.4. The van der Waals surface area contributed by atoms with Gasteiger partial charge in [0.15, 0.2) is 5.82 Å². The molecule has 0 bridgehead atoms. The van der Waals surface area contributed by atoms with Gasteiger partial charge in [-0.3, -0.25) is 0 Å². The lowest BCUT2D eigenvalue weighted by molar-refractivity contribution is 0.442. The molecule has 238 valence electrons. The molecule has 1 aliphatic carbocycles. The summed E-state index contributed by atoms with van der Waals surface area (Å²) in [6.45, 7) is 0. The number of ether oxygens (including phenoxy) is 1. The summed E-state index contributed by atoms with van der Waals surface area (Å²) in [5.74, 6) is 2.54. The van der Waals surface area contributed by atoms with Gasteiger partial charge >= 0.3 is 0 Å². The van der Waals surface area contributed by atoms with Crippen molar-refractivity contribution in [3.8, 4) is 56.5 Å². The van der Waals surface area contributed by atoms with Crippen LogP contribution in [0.15, 0.2) is 170 Å². The summed E-state index contributed by atoms with van der Waals surface area (Å²) >= 11 is 1.80. The first kappa shape index (κ1) is 28.5. The van der Waals surface area contributed by atoms with Crippen LogP contribution in [0.1, 0.15) is 22.3 Å².